The molecule has 1 fully saturated rings. The molecule has 0 saturated carbocycles. The van der Waals surface area contributed by atoms with Crippen LogP contribution in [0.1, 0.15) is 0 Å². The molecule has 0 amide bonds. The number of hydrogen-bond donors (Lipinski definition) is 1. The van der Waals surface area contributed by atoms with Gasteiger partial charge in [0.15, 0.2) is 0 Å². The molecule has 0 bridgehead atoms. The van der Waals surface area contributed by atoms with E-state index in [-0.39, 0.29) is 0 Å². The summed E-state index contributed by atoms with van der Waals surface area (Å²) in [6.45, 7) is 0. The molecule has 1 N–H and O–H groups in total. The van der Waals surface area contributed by atoms with E-state index >= 15 is 0 Å². The van der Waals surface area contributed by atoms with Crippen molar-refractivity contribution in [3.63, 3.8) is 0 Å². The summed E-state index contributed by atoms with van der Waals surface area (Å²) >= 11 is 0. The van der Waals surface area contributed by atoms with Crippen LogP contribution in [0.15, 0.2) is 161 Å². The van der Waals surface area contributed by atoms with Gasteiger partial charge in [-0.2, -0.15) is 0 Å². The molecule has 1 aliphatic heterocycles. The van der Waals surface area contributed by atoms with Crippen molar-refractivity contribution in [1.82, 2.24) is 0 Å². The van der Waals surface area contributed by atoms with Crippen molar-refractivity contribution in [2.75, 3.05) is 0 Å². The van der Waals surface area contributed by atoms with E-state index in [0.717, 1.165) is 20.2 Å². The monoisotopic (exact) mass is 538 g/mol. The van der Waals surface area contributed by atoms with Crippen molar-refractivity contribution >= 4 is 43.5 Å². The van der Waals surface area contributed by atoms with Gasteiger partial charge in [0.1, 0.15) is 0 Å². The van der Waals surface area contributed by atoms with E-state index in [9.17, 15) is 4.80 Å². The van der Waals surface area contributed by atoms with Gasteiger partial charge in [-0.15, -0.1) is 10.6 Å². The highest BCUT2D eigenvalue weighted by molar-refractivity contribution is 8.27. The summed E-state index contributed by atoms with van der Waals surface area (Å²) in [7, 11) is -10.2. The molecule has 1 heterocycles. The molecule has 4 nitrogen and oxygen atoms in total. The molecule has 6 rings (SSSR count). The normalized spacial score (nSPS) is 21.1. The second-order valence-electron chi connectivity index (χ2n) is 8.69. The smallest absolute Gasteiger partial charge is 0.386 e. The molecule has 5 aromatic rings. The Morgan fingerprint density at radius 3 is 1.19 bits per heavy atom. The minimum Gasteiger partial charge on any atom is -0.386 e. The lowest BCUT2D eigenvalue weighted by Crippen LogP contribution is -2.75. The third-order valence-electron chi connectivity index (χ3n) is 6.30. The average molecular weight is 539 g/mol. The molecule has 184 valence electrons. The lowest BCUT2D eigenvalue weighted by molar-refractivity contribution is 0.221. The highest BCUT2D eigenvalue weighted by Crippen LogP contribution is 2.68. The van der Waals surface area contributed by atoms with Gasteiger partial charge in [0.05, 0.1) is 9.79 Å². The Morgan fingerprint density at radius 1 is 0.432 bits per heavy atom. The fourth-order valence-corrected chi connectivity index (χ4v) is 17.7. The van der Waals surface area contributed by atoms with E-state index in [1.165, 1.54) is 0 Å². The van der Waals surface area contributed by atoms with Crippen molar-refractivity contribution in [3.05, 3.63) is 152 Å². The molecule has 0 radical (unpaired) electrons. The predicted octanol–water partition coefficient (Wildman–Crippen LogP) is 4.90. The fourth-order valence-electron chi connectivity index (χ4n) is 4.55. The van der Waals surface area contributed by atoms with Crippen LogP contribution in [-0.2, 0) is 11.9 Å². The minimum absolute atomic E-state index is 0.644. The molecule has 0 spiro atoms. The molecule has 7 heteroatoms. The first-order chi connectivity index (χ1) is 18.1. The molecule has 0 aromatic heterocycles. The third kappa shape index (κ3) is 4.30. The zero-order valence-corrected chi connectivity index (χ0v) is 22.8. The largest absolute Gasteiger partial charge is 0.545 e. The van der Waals surface area contributed by atoms with Gasteiger partial charge in [0.2, 0.25) is 0 Å². The molecule has 0 aliphatic carbocycles. The predicted molar refractivity (Wildman–Crippen MR) is 152 cm³/mol. The van der Waals surface area contributed by atoms with Crippen LogP contribution in [0, 0.1) is 0 Å². The SMILES string of the molecule is O[Si]1(c2ccccc2)O[Si](c2ccccc2)(c2ccccc2)OS(c2ccccc2)(c2ccccc2)O1. The van der Waals surface area contributed by atoms with Crippen LogP contribution < -0.4 is 15.6 Å². The van der Waals surface area contributed by atoms with Gasteiger partial charge >= 0.3 is 17.4 Å². The molecular weight excluding hydrogens is 513 g/mol. The van der Waals surface area contributed by atoms with Gasteiger partial charge in [0.25, 0.3) is 0 Å². The zero-order valence-electron chi connectivity index (χ0n) is 20.0. The summed E-state index contributed by atoms with van der Waals surface area (Å²) in [5.74, 6) is 0. The summed E-state index contributed by atoms with van der Waals surface area (Å²) in [5, 5.41) is 2.47. The lowest BCUT2D eigenvalue weighted by Gasteiger charge is -2.56. The van der Waals surface area contributed by atoms with Crippen LogP contribution in [-0.4, -0.2) is 22.2 Å². The van der Waals surface area contributed by atoms with E-state index in [0.29, 0.717) is 5.19 Å². The molecule has 1 saturated heterocycles. The lowest BCUT2D eigenvalue weighted by atomic mass is 10.4. The van der Waals surface area contributed by atoms with E-state index < -0.39 is 28.0 Å². The van der Waals surface area contributed by atoms with Crippen LogP contribution in [0.2, 0.25) is 0 Å². The Balaban J connectivity index is 1.70. The van der Waals surface area contributed by atoms with Crippen molar-refractivity contribution in [1.29, 1.82) is 0 Å². The summed E-state index contributed by atoms with van der Waals surface area (Å²) in [6.07, 6.45) is 0. The van der Waals surface area contributed by atoms with E-state index in [1.807, 2.05) is 152 Å². The maximum atomic E-state index is 12.5. The van der Waals surface area contributed by atoms with Crippen LogP contribution in [0.25, 0.3) is 0 Å². The number of hydrogen-bond acceptors (Lipinski definition) is 4. The van der Waals surface area contributed by atoms with Gasteiger partial charge in [-0.05, 0) is 34.6 Å². The zero-order chi connectivity index (χ0) is 25.2. The summed E-state index contributed by atoms with van der Waals surface area (Å²) in [5.41, 5.74) is 0. The van der Waals surface area contributed by atoms with Gasteiger partial charge in [-0.1, -0.05) is 127 Å². The van der Waals surface area contributed by atoms with E-state index in [4.69, 9.17) is 11.9 Å². The van der Waals surface area contributed by atoms with Crippen molar-refractivity contribution in [3.8, 4) is 0 Å². The second-order valence-corrected chi connectivity index (χ2v) is 16.9. The van der Waals surface area contributed by atoms with Crippen LogP contribution in [0.4, 0.5) is 0 Å². The van der Waals surface area contributed by atoms with Crippen molar-refractivity contribution < 1.29 is 16.7 Å². The van der Waals surface area contributed by atoms with Gasteiger partial charge in [-0.3, -0.25) is 7.74 Å². The Labute approximate surface area is 221 Å². The first-order valence-corrected chi connectivity index (χ1v) is 17.1. The van der Waals surface area contributed by atoms with Gasteiger partial charge in [0, 0.05) is 5.19 Å². The first kappa shape index (κ1) is 24.1. The fraction of sp³-hybridized carbons (Fsp3) is 0. The maximum Gasteiger partial charge on any atom is 0.545 e. The van der Waals surface area contributed by atoms with Crippen molar-refractivity contribution in [2.45, 2.75) is 9.79 Å². The Bertz CT molecular complexity index is 1290. The Hall–Kier alpha value is -3.28. The molecule has 5 aromatic carbocycles. The minimum atomic E-state index is -4.04. The van der Waals surface area contributed by atoms with Crippen LogP contribution >= 0.6 is 10.6 Å². The molecule has 1 aliphatic rings. The summed E-state index contributed by atoms with van der Waals surface area (Å²) in [6, 6.07) is 49.4. The Morgan fingerprint density at radius 2 is 0.784 bits per heavy atom. The topological polar surface area (TPSA) is 47.9 Å². The molecular formula is C30H26O4SSi2. The van der Waals surface area contributed by atoms with E-state index in [1.54, 1.807) is 0 Å². The van der Waals surface area contributed by atoms with Gasteiger partial charge < -0.3 is 8.91 Å². The second kappa shape index (κ2) is 9.88. The van der Waals surface area contributed by atoms with Crippen LogP contribution in [0.3, 0.4) is 0 Å². The number of benzene rings is 5. The quantitative estimate of drug-likeness (QED) is 0.324. The maximum absolute atomic E-state index is 12.5. The third-order valence-corrected chi connectivity index (χ3v) is 17.3. The van der Waals surface area contributed by atoms with E-state index in [2.05, 4.69) is 0 Å². The Kier molecular flexibility index (Phi) is 6.43. The first-order valence-electron chi connectivity index (χ1n) is 12.1. The van der Waals surface area contributed by atoms with Crippen LogP contribution in [0.5, 0.6) is 0 Å². The summed E-state index contributed by atoms with van der Waals surface area (Å²) in [4.78, 5) is 14.3. The molecule has 1 atom stereocenters. The van der Waals surface area contributed by atoms with Crippen molar-refractivity contribution in [2.24, 2.45) is 0 Å². The number of rotatable bonds is 5. The average Bonchev–Trinajstić information content (AvgIpc) is 2.99. The highest BCUT2D eigenvalue weighted by atomic mass is 32.3. The molecule has 37 heavy (non-hydrogen) atoms. The molecule has 1 unspecified atom stereocenters. The highest BCUT2D eigenvalue weighted by Gasteiger charge is 2.63. The van der Waals surface area contributed by atoms with Gasteiger partial charge in [-0.25, -0.2) is 0 Å². The standard InChI is InChI=1S/C30H26O4SSi2/c31-37(30-24-14-5-15-25-30)33-35(26-16-6-1-7-17-26,27-18-8-2-9-19-27)32-36(34-37,28-20-10-3-11-21-28)29-22-12-4-13-23-29/h1-25,31H. The summed E-state index contributed by atoms with van der Waals surface area (Å²) < 4.78 is 21.2.